The van der Waals surface area contributed by atoms with Crippen molar-refractivity contribution in [1.29, 1.82) is 0 Å². The largest absolute Gasteiger partial charge is 0.477 e. The van der Waals surface area contributed by atoms with Gasteiger partial charge in [0.2, 0.25) is 0 Å². The molecule has 1 aromatic rings. The Bertz CT molecular complexity index is 460. The Morgan fingerprint density at radius 2 is 2.05 bits per heavy atom. The van der Waals surface area contributed by atoms with Crippen LogP contribution in [0.4, 0.5) is 5.82 Å². The Hall–Kier alpha value is -1.52. The van der Waals surface area contributed by atoms with Gasteiger partial charge in [-0.2, -0.15) is 5.10 Å². The number of aromatic nitrogens is 2. The summed E-state index contributed by atoms with van der Waals surface area (Å²) in [5.41, 5.74) is 0.862. The van der Waals surface area contributed by atoms with Crippen LogP contribution in [-0.2, 0) is 7.05 Å². The molecule has 106 valence electrons. The molecule has 0 bridgehead atoms. The lowest BCUT2D eigenvalue weighted by molar-refractivity contribution is 0.0697. The molecule has 19 heavy (non-hydrogen) atoms. The van der Waals surface area contributed by atoms with Gasteiger partial charge in [-0.1, -0.05) is 19.8 Å². The number of nitrogens with one attached hydrogen (secondary N) is 1. The molecule has 0 unspecified atom stereocenters. The molecule has 0 amide bonds. The fraction of sp³-hybridized carbons (Fsp3) is 0.714. The molecule has 0 aliphatic heterocycles. The van der Waals surface area contributed by atoms with E-state index in [0.717, 1.165) is 12.5 Å². The van der Waals surface area contributed by atoms with E-state index in [-0.39, 0.29) is 0 Å². The quantitative estimate of drug-likeness (QED) is 0.878. The van der Waals surface area contributed by atoms with Crippen molar-refractivity contribution in [2.45, 2.75) is 39.5 Å². The molecular weight excluding hydrogens is 242 g/mol. The van der Waals surface area contributed by atoms with Gasteiger partial charge in [0.15, 0.2) is 0 Å². The van der Waals surface area contributed by atoms with E-state index in [2.05, 4.69) is 17.3 Å². The van der Waals surface area contributed by atoms with Crippen LogP contribution in [0.3, 0.4) is 0 Å². The van der Waals surface area contributed by atoms with Gasteiger partial charge in [0, 0.05) is 13.6 Å². The molecule has 1 aliphatic carbocycles. The van der Waals surface area contributed by atoms with E-state index in [4.69, 9.17) is 0 Å². The van der Waals surface area contributed by atoms with Gasteiger partial charge in [0.25, 0.3) is 0 Å². The number of aryl methyl sites for hydroxylation is 2. The van der Waals surface area contributed by atoms with Crippen molar-refractivity contribution in [3.8, 4) is 0 Å². The van der Waals surface area contributed by atoms with Gasteiger partial charge < -0.3 is 10.4 Å². The van der Waals surface area contributed by atoms with Crippen molar-refractivity contribution in [3.63, 3.8) is 0 Å². The Labute approximate surface area is 114 Å². The number of anilines is 1. The fourth-order valence-electron chi connectivity index (χ4n) is 2.89. The molecular formula is C14H23N3O2. The molecule has 0 saturated heterocycles. The van der Waals surface area contributed by atoms with Gasteiger partial charge in [-0.3, -0.25) is 4.68 Å². The van der Waals surface area contributed by atoms with Gasteiger partial charge in [-0.05, 0) is 31.6 Å². The third-order valence-corrected chi connectivity index (χ3v) is 4.13. The summed E-state index contributed by atoms with van der Waals surface area (Å²) in [6.07, 6.45) is 5.02. The normalized spacial score (nSPS) is 23.3. The Morgan fingerprint density at radius 1 is 1.42 bits per heavy atom. The van der Waals surface area contributed by atoms with Crippen molar-refractivity contribution in [2.24, 2.45) is 18.9 Å². The summed E-state index contributed by atoms with van der Waals surface area (Å²) < 4.78 is 1.63. The highest BCUT2D eigenvalue weighted by molar-refractivity contribution is 5.94. The first-order valence-electron chi connectivity index (χ1n) is 6.99. The second kappa shape index (κ2) is 5.63. The Morgan fingerprint density at radius 3 is 2.63 bits per heavy atom. The van der Waals surface area contributed by atoms with Gasteiger partial charge in [0.05, 0.1) is 5.69 Å². The molecule has 0 aromatic carbocycles. The number of carbonyl (C=O) groups is 1. The topological polar surface area (TPSA) is 67.2 Å². The van der Waals surface area contributed by atoms with E-state index in [1.165, 1.54) is 25.7 Å². The number of carboxylic acids is 1. The van der Waals surface area contributed by atoms with Gasteiger partial charge in [0.1, 0.15) is 11.4 Å². The van der Waals surface area contributed by atoms with E-state index in [9.17, 15) is 9.90 Å². The molecule has 0 radical (unpaired) electrons. The summed E-state index contributed by atoms with van der Waals surface area (Å²) in [6.45, 7) is 4.87. The second-order valence-corrected chi connectivity index (χ2v) is 5.74. The summed E-state index contributed by atoms with van der Waals surface area (Å²) in [7, 11) is 1.78. The monoisotopic (exact) mass is 265 g/mol. The minimum absolute atomic E-state index is 0.298. The number of nitrogens with zero attached hydrogens (tertiary/aromatic N) is 2. The number of aromatic carboxylic acids is 1. The van der Waals surface area contributed by atoms with E-state index in [0.29, 0.717) is 23.0 Å². The number of rotatable bonds is 4. The van der Waals surface area contributed by atoms with Crippen LogP contribution in [0.25, 0.3) is 0 Å². The molecule has 2 N–H and O–H groups in total. The number of hydrogen-bond acceptors (Lipinski definition) is 3. The van der Waals surface area contributed by atoms with Crippen molar-refractivity contribution < 1.29 is 9.90 Å². The minimum atomic E-state index is -0.912. The first-order chi connectivity index (χ1) is 8.99. The minimum Gasteiger partial charge on any atom is -0.477 e. The first-order valence-corrected chi connectivity index (χ1v) is 6.99. The summed E-state index contributed by atoms with van der Waals surface area (Å²) >= 11 is 0. The molecule has 1 heterocycles. The van der Waals surface area contributed by atoms with Crippen molar-refractivity contribution in [1.82, 2.24) is 9.78 Å². The molecule has 0 atom stereocenters. The maximum Gasteiger partial charge on any atom is 0.341 e. The van der Waals surface area contributed by atoms with Crippen LogP contribution in [0.5, 0.6) is 0 Å². The molecule has 1 saturated carbocycles. The highest BCUT2D eigenvalue weighted by Crippen LogP contribution is 2.29. The van der Waals surface area contributed by atoms with Crippen LogP contribution in [0.15, 0.2) is 0 Å². The van der Waals surface area contributed by atoms with E-state index in [1.54, 1.807) is 18.7 Å². The lowest BCUT2D eigenvalue weighted by Crippen LogP contribution is -2.21. The zero-order valence-electron chi connectivity index (χ0n) is 11.9. The van der Waals surface area contributed by atoms with Gasteiger partial charge in [-0.15, -0.1) is 0 Å². The molecule has 5 heteroatoms. The highest BCUT2D eigenvalue weighted by Gasteiger charge is 2.22. The SMILES string of the molecule is Cc1nn(C)c(NCC2CCC(C)CC2)c1C(=O)O. The Kier molecular flexibility index (Phi) is 4.12. The number of hydrogen-bond donors (Lipinski definition) is 2. The van der Waals surface area contributed by atoms with Crippen LogP contribution < -0.4 is 5.32 Å². The predicted molar refractivity (Wildman–Crippen MR) is 74.5 cm³/mol. The van der Waals surface area contributed by atoms with Crippen LogP contribution in [0.1, 0.15) is 48.7 Å². The zero-order chi connectivity index (χ0) is 14.0. The van der Waals surface area contributed by atoms with E-state index < -0.39 is 5.97 Å². The first kappa shape index (κ1) is 13.9. The molecule has 1 fully saturated rings. The third kappa shape index (κ3) is 3.08. The average molecular weight is 265 g/mol. The lowest BCUT2D eigenvalue weighted by Gasteiger charge is -2.26. The second-order valence-electron chi connectivity index (χ2n) is 5.74. The maximum atomic E-state index is 11.3. The van der Waals surface area contributed by atoms with Crippen LogP contribution in [0.2, 0.25) is 0 Å². The Balaban J connectivity index is 2.01. The lowest BCUT2D eigenvalue weighted by atomic mass is 9.83. The standard InChI is InChI=1S/C14H23N3O2/c1-9-4-6-11(7-5-9)8-15-13-12(14(18)19)10(2)16-17(13)3/h9,11,15H,4-8H2,1-3H3,(H,18,19). The molecule has 1 aliphatic rings. The van der Waals surface area contributed by atoms with Crippen LogP contribution in [-0.4, -0.2) is 27.4 Å². The summed E-state index contributed by atoms with van der Waals surface area (Å²) in [5, 5.41) is 16.7. The molecule has 1 aromatic heterocycles. The van der Waals surface area contributed by atoms with Crippen LogP contribution >= 0.6 is 0 Å². The zero-order valence-corrected chi connectivity index (χ0v) is 11.9. The third-order valence-electron chi connectivity index (χ3n) is 4.13. The van der Waals surface area contributed by atoms with Gasteiger partial charge in [-0.25, -0.2) is 4.79 Å². The summed E-state index contributed by atoms with van der Waals surface area (Å²) in [4.78, 5) is 11.3. The van der Waals surface area contributed by atoms with Crippen LogP contribution in [0, 0.1) is 18.8 Å². The fourth-order valence-corrected chi connectivity index (χ4v) is 2.89. The van der Waals surface area contributed by atoms with E-state index in [1.807, 2.05) is 0 Å². The van der Waals surface area contributed by atoms with Crippen molar-refractivity contribution >= 4 is 11.8 Å². The summed E-state index contributed by atoms with van der Waals surface area (Å²) in [5.74, 6) is 1.20. The average Bonchev–Trinajstić information content (AvgIpc) is 2.63. The predicted octanol–water partition coefficient (Wildman–Crippen LogP) is 2.66. The maximum absolute atomic E-state index is 11.3. The smallest absolute Gasteiger partial charge is 0.341 e. The van der Waals surface area contributed by atoms with E-state index >= 15 is 0 Å². The van der Waals surface area contributed by atoms with Crippen molar-refractivity contribution in [3.05, 3.63) is 11.3 Å². The molecule has 2 rings (SSSR count). The number of carboxylic acid groups (broad SMARTS) is 1. The summed E-state index contributed by atoms with van der Waals surface area (Å²) in [6, 6.07) is 0. The molecule has 5 nitrogen and oxygen atoms in total. The highest BCUT2D eigenvalue weighted by atomic mass is 16.4. The van der Waals surface area contributed by atoms with Crippen molar-refractivity contribution in [2.75, 3.05) is 11.9 Å². The van der Waals surface area contributed by atoms with Gasteiger partial charge >= 0.3 is 5.97 Å². The molecule has 0 spiro atoms.